The van der Waals surface area contributed by atoms with Gasteiger partial charge in [-0.15, -0.1) is 10.2 Å². The van der Waals surface area contributed by atoms with Gasteiger partial charge in [-0.05, 0) is 18.6 Å². The molecule has 5 nitrogen and oxygen atoms in total. The van der Waals surface area contributed by atoms with Crippen LogP contribution in [0.2, 0.25) is 10.0 Å². The Kier molecular flexibility index (Phi) is 3.93. The number of rotatable bonds is 4. The van der Waals surface area contributed by atoms with Crippen molar-refractivity contribution >= 4 is 23.2 Å². The maximum absolute atomic E-state index is 6.08. The van der Waals surface area contributed by atoms with Crippen molar-refractivity contribution in [3.8, 4) is 0 Å². The lowest BCUT2D eigenvalue weighted by Gasteiger charge is -2.11. The van der Waals surface area contributed by atoms with Gasteiger partial charge < -0.3 is 5.32 Å². The third-order valence-corrected chi connectivity index (χ3v) is 3.24. The Morgan fingerprint density at radius 3 is 2.94 bits per heavy atom. The lowest BCUT2D eigenvalue weighted by atomic mass is 10.2. The Bertz CT molecular complexity index is 485. The van der Waals surface area contributed by atoms with Crippen molar-refractivity contribution < 1.29 is 0 Å². The molecular weight excluding hydrogens is 261 g/mol. The smallest absolute Gasteiger partial charge is 0.191 e. The molecule has 0 bridgehead atoms. The zero-order valence-corrected chi connectivity index (χ0v) is 10.6. The van der Waals surface area contributed by atoms with Crippen LogP contribution in [0, 0.1) is 0 Å². The second kappa shape index (κ2) is 5.44. The molecule has 17 heavy (non-hydrogen) atoms. The van der Waals surface area contributed by atoms with Crippen LogP contribution in [0.15, 0.2) is 18.2 Å². The molecule has 1 aromatic carbocycles. The van der Waals surface area contributed by atoms with Gasteiger partial charge >= 0.3 is 0 Å². The van der Waals surface area contributed by atoms with E-state index in [9.17, 15) is 0 Å². The third kappa shape index (κ3) is 2.94. The molecule has 7 heteroatoms. The number of H-pyrrole nitrogens is 1. The summed E-state index contributed by atoms with van der Waals surface area (Å²) in [5.74, 6) is 0.614. The average molecular weight is 272 g/mol. The van der Waals surface area contributed by atoms with Gasteiger partial charge in [-0.1, -0.05) is 40.5 Å². The van der Waals surface area contributed by atoms with E-state index in [0.29, 0.717) is 22.4 Å². The van der Waals surface area contributed by atoms with Crippen molar-refractivity contribution in [2.45, 2.75) is 19.5 Å². The Balaban J connectivity index is 2.00. The van der Waals surface area contributed by atoms with Crippen molar-refractivity contribution in [3.63, 3.8) is 0 Å². The van der Waals surface area contributed by atoms with Crippen molar-refractivity contribution in [2.75, 3.05) is 0 Å². The molecule has 1 atom stereocenters. The summed E-state index contributed by atoms with van der Waals surface area (Å²) in [4.78, 5) is 0. The maximum Gasteiger partial charge on any atom is 0.191 e. The minimum atomic E-state index is -0.0104. The van der Waals surface area contributed by atoms with Crippen molar-refractivity contribution in [3.05, 3.63) is 39.6 Å². The van der Waals surface area contributed by atoms with Gasteiger partial charge in [0.15, 0.2) is 5.82 Å². The second-order valence-corrected chi connectivity index (χ2v) is 4.37. The molecule has 1 unspecified atom stereocenters. The van der Waals surface area contributed by atoms with Gasteiger partial charge in [0.2, 0.25) is 0 Å². The van der Waals surface area contributed by atoms with Crippen LogP contribution in [0.1, 0.15) is 24.4 Å². The fraction of sp³-hybridized carbons (Fsp3) is 0.300. The average Bonchev–Trinajstić information content (AvgIpc) is 2.84. The fourth-order valence-electron chi connectivity index (χ4n) is 1.39. The molecule has 0 amide bonds. The fourth-order valence-corrected chi connectivity index (χ4v) is 1.78. The SMILES string of the molecule is CC(NCc1cccc(Cl)c1Cl)c1nn[nH]n1. The Morgan fingerprint density at radius 2 is 2.24 bits per heavy atom. The highest BCUT2D eigenvalue weighted by atomic mass is 35.5. The molecule has 0 radical (unpaired) electrons. The van der Waals surface area contributed by atoms with Gasteiger partial charge in [0, 0.05) is 6.54 Å². The molecular formula is C10H11Cl2N5. The molecule has 0 saturated heterocycles. The molecule has 2 aromatic rings. The van der Waals surface area contributed by atoms with Crippen LogP contribution < -0.4 is 5.32 Å². The monoisotopic (exact) mass is 271 g/mol. The Morgan fingerprint density at radius 1 is 1.41 bits per heavy atom. The van der Waals surface area contributed by atoms with Crippen LogP contribution in [0.5, 0.6) is 0 Å². The molecule has 0 fully saturated rings. The van der Waals surface area contributed by atoms with Gasteiger partial charge in [0.25, 0.3) is 0 Å². The summed E-state index contributed by atoms with van der Waals surface area (Å²) < 4.78 is 0. The third-order valence-electron chi connectivity index (χ3n) is 2.38. The van der Waals surface area contributed by atoms with E-state index in [1.54, 1.807) is 6.07 Å². The molecule has 1 aromatic heterocycles. The predicted octanol–water partition coefficient (Wildman–Crippen LogP) is 2.36. The van der Waals surface area contributed by atoms with Gasteiger partial charge in [0.05, 0.1) is 16.1 Å². The molecule has 90 valence electrons. The molecule has 0 aliphatic heterocycles. The number of nitrogens with one attached hydrogen (secondary N) is 2. The Hall–Kier alpha value is -1.17. The largest absolute Gasteiger partial charge is 0.303 e. The summed E-state index contributed by atoms with van der Waals surface area (Å²) in [6.07, 6.45) is 0. The number of hydrogen-bond acceptors (Lipinski definition) is 4. The zero-order chi connectivity index (χ0) is 12.3. The van der Waals surface area contributed by atoms with Crippen LogP contribution in [-0.4, -0.2) is 20.6 Å². The number of aromatic amines is 1. The summed E-state index contributed by atoms with van der Waals surface area (Å²) in [6, 6.07) is 5.54. The van der Waals surface area contributed by atoms with Crippen molar-refractivity contribution in [2.24, 2.45) is 0 Å². The molecule has 2 rings (SSSR count). The number of hydrogen-bond donors (Lipinski definition) is 2. The minimum Gasteiger partial charge on any atom is -0.303 e. The zero-order valence-electron chi connectivity index (χ0n) is 9.11. The highest BCUT2D eigenvalue weighted by molar-refractivity contribution is 6.42. The number of aromatic nitrogens is 4. The van der Waals surface area contributed by atoms with E-state index in [-0.39, 0.29) is 6.04 Å². The summed E-state index contributed by atoms with van der Waals surface area (Å²) in [6.45, 7) is 2.54. The highest BCUT2D eigenvalue weighted by Crippen LogP contribution is 2.25. The van der Waals surface area contributed by atoms with Gasteiger partial charge in [0.1, 0.15) is 0 Å². The molecule has 1 heterocycles. The van der Waals surface area contributed by atoms with Crippen molar-refractivity contribution in [1.29, 1.82) is 0 Å². The summed E-state index contributed by atoms with van der Waals surface area (Å²) in [5, 5.41) is 18.1. The highest BCUT2D eigenvalue weighted by Gasteiger charge is 2.11. The normalized spacial score (nSPS) is 12.6. The second-order valence-electron chi connectivity index (χ2n) is 3.59. The number of tetrazole rings is 1. The van der Waals surface area contributed by atoms with Crippen LogP contribution in [0.4, 0.5) is 0 Å². The number of halogens is 2. The van der Waals surface area contributed by atoms with E-state index in [0.717, 1.165) is 5.56 Å². The van der Waals surface area contributed by atoms with Crippen LogP contribution in [0.25, 0.3) is 0 Å². The molecule has 0 aliphatic rings. The van der Waals surface area contributed by atoms with E-state index in [2.05, 4.69) is 25.9 Å². The van der Waals surface area contributed by atoms with Gasteiger partial charge in [-0.25, -0.2) is 0 Å². The van der Waals surface area contributed by atoms with E-state index in [4.69, 9.17) is 23.2 Å². The maximum atomic E-state index is 6.08. The van der Waals surface area contributed by atoms with Crippen molar-refractivity contribution in [1.82, 2.24) is 25.9 Å². The standard InChI is InChI=1S/C10H11Cl2N5/c1-6(10-14-16-17-15-10)13-5-7-3-2-4-8(11)9(7)12/h2-4,6,13H,5H2,1H3,(H,14,15,16,17). The quantitative estimate of drug-likeness (QED) is 0.896. The molecule has 0 spiro atoms. The first-order valence-electron chi connectivity index (χ1n) is 5.08. The number of nitrogens with zero attached hydrogens (tertiary/aromatic N) is 3. The van der Waals surface area contributed by atoms with Gasteiger partial charge in [-0.2, -0.15) is 5.21 Å². The first-order chi connectivity index (χ1) is 8.18. The van der Waals surface area contributed by atoms with Gasteiger partial charge in [-0.3, -0.25) is 0 Å². The number of benzene rings is 1. The van der Waals surface area contributed by atoms with Crippen LogP contribution in [-0.2, 0) is 6.54 Å². The first kappa shape index (κ1) is 12.3. The lowest BCUT2D eigenvalue weighted by molar-refractivity contribution is 0.547. The van der Waals surface area contributed by atoms with E-state index >= 15 is 0 Å². The minimum absolute atomic E-state index is 0.0104. The Labute approximate surface area is 109 Å². The van der Waals surface area contributed by atoms with E-state index in [1.165, 1.54) is 0 Å². The molecule has 0 saturated carbocycles. The molecule has 2 N–H and O–H groups in total. The van der Waals surface area contributed by atoms with Crippen LogP contribution in [0.3, 0.4) is 0 Å². The van der Waals surface area contributed by atoms with Crippen LogP contribution >= 0.6 is 23.2 Å². The summed E-state index contributed by atoms with van der Waals surface area (Å²) in [5.41, 5.74) is 0.939. The topological polar surface area (TPSA) is 66.5 Å². The van der Waals surface area contributed by atoms with E-state index < -0.39 is 0 Å². The first-order valence-corrected chi connectivity index (χ1v) is 5.83. The van der Waals surface area contributed by atoms with E-state index in [1.807, 2.05) is 19.1 Å². The predicted molar refractivity (Wildman–Crippen MR) is 65.9 cm³/mol. The lowest BCUT2D eigenvalue weighted by Crippen LogP contribution is -2.19. The summed E-state index contributed by atoms with van der Waals surface area (Å²) >= 11 is 12.0. The summed E-state index contributed by atoms with van der Waals surface area (Å²) in [7, 11) is 0. The molecule has 0 aliphatic carbocycles.